The molecule has 0 fully saturated rings. The second-order valence-electron chi connectivity index (χ2n) is 5.07. The number of benzene rings is 1. The van der Waals surface area contributed by atoms with E-state index in [1.807, 2.05) is 18.2 Å². The highest BCUT2D eigenvalue weighted by atomic mass is 32.2. The van der Waals surface area contributed by atoms with E-state index in [4.69, 9.17) is 0 Å². The van der Waals surface area contributed by atoms with Crippen molar-refractivity contribution in [2.24, 2.45) is 0 Å². The maximum Gasteiger partial charge on any atom is 0.389 e. The summed E-state index contributed by atoms with van der Waals surface area (Å²) in [6.45, 7) is 1.65. The fraction of sp³-hybridized carbons (Fsp3) is 0.538. The first kappa shape index (κ1) is 16.3. The van der Waals surface area contributed by atoms with Crippen molar-refractivity contribution in [2.75, 3.05) is 5.75 Å². The normalized spacial score (nSPS) is 15.2. The molecule has 2 rings (SSSR count). The third kappa shape index (κ3) is 5.29. The number of fused-ring (bicyclic) bond motifs is 1. The van der Waals surface area contributed by atoms with Gasteiger partial charge in [0.05, 0.1) is 5.75 Å². The molecule has 0 bridgehead atoms. The third-order valence-corrected chi connectivity index (χ3v) is 4.68. The van der Waals surface area contributed by atoms with Gasteiger partial charge >= 0.3 is 6.18 Å². The number of halogens is 3. The van der Waals surface area contributed by atoms with Crippen LogP contribution in [0.5, 0.6) is 0 Å². The number of hydrogen-bond acceptors (Lipinski definition) is 3. The van der Waals surface area contributed by atoms with Crippen LogP contribution in [0.1, 0.15) is 29.5 Å². The Labute approximate surface area is 121 Å². The van der Waals surface area contributed by atoms with Crippen LogP contribution in [-0.2, 0) is 29.7 Å². The lowest BCUT2D eigenvalue weighted by molar-refractivity contribution is -0.134. The molecule has 0 amide bonds. The van der Waals surface area contributed by atoms with Crippen LogP contribution in [0.3, 0.4) is 0 Å². The summed E-state index contributed by atoms with van der Waals surface area (Å²) in [6, 6.07) is 5.67. The molecule has 0 spiro atoms. The first-order valence-electron chi connectivity index (χ1n) is 6.61. The van der Waals surface area contributed by atoms with Crippen molar-refractivity contribution < 1.29 is 21.6 Å². The summed E-state index contributed by atoms with van der Waals surface area (Å²) < 4.78 is 61.6. The maximum atomic E-state index is 12.0. The monoisotopic (exact) mass is 322 g/mol. The zero-order chi connectivity index (χ0) is 15.5. The molecular weight excluding hydrogens is 305 g/mol. The highest BCUT2D eigenvalue weighted by Gasteiger charge is 2.27. The van der Waals surface area contributed by atoms with E-state index in [1.165, 1.54) is 5.56 Å². The first-order chi connectivity index (χ1) is 9.75. The van der Waals surface area contributed by atoms with E-state index >= 15 is 0 Å². The van der Waals surface area contributed by atoms with Crippen LogP contribution in [0.15, 0.2) is 18.2 Å². The maximum absolute atomic E-state index is 12.0. The molecule has 21 heavy (non-hydrogen) atoms. The molecule has 1 heterocycles. The van der Waals surface area contributed by atoms with Gasteiger partial charge in [0.1, 0.15) is 0 Å². The highest BCUT2D eigenvalue weighted by molar-refractivity contribution is 7.89. The lowest BCUT2D eigenvalue weighted by atomic mass is 10.1. The molecule has 0 unspecified atom stereocenters. The van der Waals surface area contributed by atoms with E-state index in [0.717, 1.165) is 24.2 Å². The Balaban J connectivity index is 1.84. The average molecular weight is 322 g/mol. The van der Waals surface area contributed by atoms with Crippen LogP contribution < -0.4 is 10.0 Å². The molecule has 0 radical (unpaired) electrons. The summed E-state index contributed by atoms with van der Waals surface area (Å²) in [5.41, 5.74) is 3.12. The van der Waals surface area contributed by atoms with Gasteiger partial charge in [0.2, 0.25) is 10.0 Å². The van der Waals surface area contributed by atoms with Gasteiger partial charge < -0.3 is 5.32 Å². The number of hydrogen-bond donors (Lipinski definition) is 2. The molecule has 0 saturated heterocycles. The van der Waals surface area contributed by atoms with Gasteiger partial charge in [-0.15, -0.1) is 0 Å². The van der Waals surface area contributed by atoms with Crippen molar-refractivity contribution in [3.8, 4) is 0 Å². The smallest absolute Gasteiger partial charge is 0.309 e. The van der Waals surface area contributed by atoms with E-state index < -0.39 is 34.8 Å². The van der Waals surface area contributed by atoms with Gasteiger partial charge in [-0.3, -0.25) is 0 Å². The predicted octanol–water partition coefficient (Wildman–Crippen LogP) is 2.05. The molecule has 0 aliphatic carbocycles. The summed E-state index contributed by atoms with van der Waals surface area (Å²) in [4.78, 5) is 0. The van der Waals surface area contributed by atoms with Crippen LogP contribution in [-0.4, -0.2) is 20.3 Å². The van der Waals surface area contributed by atoms with Gasteiger partial charge in [0.25, 0.3) is 0 Å². The molecule has 0 saturated carbocycles. The minimum Gasteiger partial charge on any atom is -0.309 e. The van der Waals surface area contributed by atoms with E-state index in [0.29, 0.717) is 0 Å². The van der Waals surface area contributed by atoms with Crippen molar-refractivity contribution in [3.63, 3.8) is 0 Å². The zero-order valence-electron chi connectivity index (χ0n) is 11.3. The van der Waals surface area contributed by atoms with Gasteiger partial charge in [0.15, 0.2) is 0 Å². The van der Waals surface area contributed by atoms with E-state index in [2.05, 4.69) is 10.0 Å². The van der Waals surface area contributed by atoms with Crippen molar-refractivity contribution in [3.05, 3.63) is 34.9 Å². The van der Waals surface area contributed by atoms with Crippen LogP contribution in [0.2, 0.25) is 0 Å². The summed E-state index contributed by atoms with van der Waals surface area (Å²) in [5, 5.41) is 3.18. The van der Waals surface area contributed by atoms with E-state index in [1.54, 1.807) is 0 Å². The Morgan fingerprint density at radius 2 is 1.90 bits per heavy atom. The highest BCUT2D eigenvalue weighted by Crippen LogP contribution is 2.21. The van der Waals surface area contributed by atoms with E-state index in [9.17, 15) is 21.6 Å². The largest absolute Gasteiger partial charge is 0.389 e. The van der Waals surface area contributed by atoms with Gasteiger partial charge in [-0.05, 0) is 23.1 Å². The third-order valence-electron chi connectivity index (χ3n) is 3.27. The number of sulfonamides is 1. The summed E-state index contributed by atoms with van der Waals surface area (Å²) in [6.07, 6.45) is -5.83. The molecule has 1 aromatic carbocycles. The number of nitrogens with one attached hydrogen (secondary N) is 2. The van der Waals surface area contributed by atoms with Crippen molar-refractivity contribution in [2.45, 2.75) is 38.7 Å². The molecule has 0 aromatic heterocycles. The van der Waals surface area contributed by atoms with E-state index in [-0.39, 0.29) is 6.54 Å². The van der Waals surface area contributed by atoms with Gasteiger partial charge in [0, 0.05) is 26.1 Å². The Hall–Kier alpha value is -1.12. The van der Waals surface area contributed by atoms with Crippen molar-refractivity contribution in [1.29, 1.82) is 0 Å². The fourth-order valence-electron chi connectivity index (χ4n) is 2.19. The SMILES string of the molecule is O=S(=O)(CCCC(F)(F)F)NCc1ccc2c(c1)CNC2. The lowest BCUT2D eigenvalue weighted by Gasteiger charge is -2.09. The number of alkyl halides is 3. The Morgan fingerprint density at radius 3 is 2.62 bits per heavy atom. The average Bonchev–Trinajstić information content (AvgIpc) is 2.82. The quantitative estimate of drug-likeness (QED) is 0.843. The Bertz CT molecular complexity index is 600. The van der Waals surface area contributed by atoms with Gasteiger partial charge in [-0.2, -0.15) is 13.2 Å². The Morgan fingerprint density at radius 1 is 1.19 bits per heavy atom. The molecule has 4 nitrogen and oxygen atoms in total. The standard InChI is InChI=1S/C13H17F3N2O2S/c14-13(15,16)4-1-5-21(19,20)18-7-10-2-3-11-8-17-9-12(11)6-10/h2-3,6,17-18H,1,4-5,7-9H2. The van der Waals surface area contributed by atoms with Crippen LogP contribution >= 0.6 is 0 Å². The first-order valence-corrected chi connectivity index (χ1v) is 8.26. The second kappa shape index (κ2) is 6.33. The summed E-state index contributed by atoms with van der Waals surface area (Å²) in [7, 11) is -3.68. The molecular formula is C13H17F3N2O2S. The van der Waals surface area contributed by atoms with Crippen LogP contribution in [0.25, 0.3) is 0 Å². The second-order valence-corrected chi connectivity index (χ2v) is 6.99. The van der Waals surface area contributed by atoms with Crippen molar-refractivity contribution in [1.82, 2.24) is 10.0 Å². The topological polar surface area (TPSA) is 58.2 Å². The molecule has 0 atom stereocenters. The van der Waals surface area contributed by atoms with Gasteiger partial charge in [-0.1, -0.05) is 18.2 Å². The predicted molar refractivity (Wildman–Crippen MR) is 72.9 cm³/mol. The summed E-state index contributed by atoms with van der Waals surface area (Å²) >= 11 is 0. The van der Waals surface area contributed by atoms with Gasteiger partial charge in [-0.25, -0.2) is 13.1 Å². The zero-order valence-corrected chi connectivity index (χ0v) is 12.1. The minimum atomic E-state index is -4.32. The number of rotatable bonds is 6. The minimum absolute atomic E-state index is 0.0988. The molecule has 1 aromatic rings. The lowest BCUT2D eigenvalue weighted by Crippen LogP contribution is -2.26. The molecule has 8 heteroatoms. The Kier molecular flexibility index (Phi) is 4.90. The van der Waals surface area contributed by atoms with Crippen molar-refractivity contribution >= 4 is 10.0 Å². The summed E-state index contributed by atoms with van der Waals surface area (Å²) in [5.74, 6) is -0.515. The molecule has 1 aliphatic heterocycles. The molecule has 2 N–H and O–H groups in total. The van der Waals surface area contributed by atoms with Crippen LogP contribution in [0.4, 0.5) is 13.2 Å². The van der Waals surface area contributed by atoms with Crippen LogP contribution in [0, 0.1) is 0 Å². The molecule has 118 valence electrons. The fourth-order valence-corrected chi connectivity index (χ4v) is 3.24. The molecule has 1 aliphatic rings.